The molecule has 0 aliphatic carbocycles. The molecule has 0 saturated heterocycles. The summed E-state index contributed by atoms with van der Waals surface area (Å²) in [6, 6.07) is 3.13. The number of benzene rings is 1. The van der Waals surface area contributed by atoms with Crippen LogP contribution in [-0.2, 0) is 12.6 Å². The van der Waals surface area contributed by atoms with Crippen molar-refractivity contribution in [1.29, 1.82) is 0 Å². The average Bonchev–Trinajstić information content (AvgIpc) is 2.37. The second-order valence-electron chi connectivity index (χ2n) is 4.59. The van der Waals surface area contributed by atoms with Gasteiger partial charge in [0.25, 0.3) is 0 Å². The van der Waals surface area contributed by atoms with Gasteiger partial charge in [-0.3, -0.25) is 4.79 Å². The van der Waals surface area contributed by atoms with Crippen LogP contribution in [-0.4, -0.2) is 16.1 Å². The molecular weight excluding hydrogens is 287 g/mol. The number of fused-ring (bicyclic) bond motifs is 1. The molecule has 112 valence electrons. The smallest absolute Gasteiger partial charge is 0.418 e. The van der Waals surface area contributed by atoms with E-state index in [4.69, 9.17) is 5.11 Å². The van der Waals surface area contributed by atoms with Crippen LogP contribution in [0.5, 0.6) is 0 Å². The van der Waals surface area contributed by atoms with Gasteiger partial charge in [-0.25, -0.2) is 4.79 Å². The van der Waals surface area contributed by atoms with Crippen molar-refractivity contribution in [2.24, 2.45) is 0 Å². The van der Waals surface area contributed by atoms with E-state index in [1.54, 1.807) is 6.92 Å². The van der Waals surface area contributed by atoms with Gasteiger partial charge in [0, 0.05) is 11.1 Å². The number of aromatic carboxylic acids is 1. The normalized spacial score (nSPS) is 11.8. The molecular formula is C14H12F3NO3. The van der Waals surface area contributed by atoms with Crippen molar-refractivity contribution in [2.75, 3.05) is 0 Å². The summed E-state index contributed by atoms with van der Waals surface area (Å²) in [7, 11) is 0. The van der Waals surface area contributed by atoms with Gasteiger partial charge in [-0.15, -0.1) is 0 Å². The van der Waals surface area contributed by atoms with Crippen molar-refractivity contribution < 1.29 is 23.1 Å². The predicted molar refractivity (Wildman–Crippen MR) is 70.5 cm³/mol. The van der Waals surface area contributed by atoms with Gasteiger partial charge in [0.1, 0.15) is 5.56 Å². The average molecular weight is 299 g/mol. The van der Waals surface area contributed by atoms with Crippen LogP contribution in [0, 0.1) is 0 Å². The largest absolute Gasteiger partial charge is 0.477 e. The monoisotopic (exact) mass is 299 g/mol. The van der Waals surface area contributed by atoms with Gasteiger partial charge in [0.15, 0.2) is 0 Å². The first-order valence-corrected chi connectivity index (χ1v) is 6.25. The van der Waals surface area contributed by atoms with Crippen LogP contribution in [0.25, 0.3) is 10.9 Å². The maximum Gasteiger partial charge on any atom is 0.418 e. The SMILES string of the molecule is CCCc1[nH]c2c(C(F)(F)F)cccc2c(=O)c1C(=O)O. The molecule has 0 aliphatic rings. The molecule has 1 heterocycles. The Balaban J connectivity index is 2.93. The second kappa shape index (κ2) is 5.23. The van der Waals surface area contributed by atoms with Gasteiger partial charge in [-0.05, 0) is 18.6 Å². The van der Waals surface area contributed by atoms with Gasteiger partial charge in [-0.2, -0.15) is 13.2 Å². The lowest BCUT2D eigenvalue weighted by molar-refractivity contribution is -0.136. The van der Waals surface area contributed by atoms with Crippen LogP contribution in [0.2, 0.25) is 0 Å². The zero-order valence-corrected chi connectivity index (χ0v) is 11.0. The van der Waals surface area contributed by atoms with Gasteiger partial charge in [0.05, 0.1) is 11.1 Å². The first kappa shape index (κ1) is 15.1. The predicted octanol–water partition coefficient (Wildman–Crippen LogP) is 3.20. The molecule has 7 heteroatoms. The number of aromatic nitrogens is 1. The topological polar surface area (TPSA) is 70.2 Å². The number of H-pyrrole nitrogens is 1. The number of hydrogen-bond acceptors (Lipinski definition) is 2. The van der Waals surface area contributed by atoms with Crippen LogP contribution in [0.4, 0.5) is 13.2 Å². The number of pyridine rings is 1. The molecule has 2 aromatic rings. The van der Waals surface area contributed by atoms with E-state index in [-0.39, 0.29) is 23.0 Å². The van der Waals surface area contributed by atoms with Crippen molar-refractivity contribution in [3.63, 3.8) is 0 Å². The summed E-state index contributed by atoms with van der Waals surface area (Å²) in [6.45, 7) is 1.74. The summed E-state index contributed by atoms with van der Waals surface area (Å²) in [6.07, 6.45) is -3.95. The molecule has 0 atom stereocenters. The van der Waals surface area contributed by atoms with Crippen LogP contribution < -0.4 is 5.43 Å². The van der Waals surface area contributed by atoms with E-state index in [1.165, 1.54) is 6.07 Å². The first-order valence-electron chi connectivity index (χ1n) is 6.25. The minimum atomic E-state index is -4.63. The minimum Gasteiger partial charge on any atom is -0.477 e. The Hall–Kier alpha value is -2.31. The number of alkyl halides is 3. The summed E-state index contributed by atoms with van der Waals surface area (Å²) >= 11 is 0. The highest BCUT2D eigenvalue weighted by atomic mass is 19.4. The zero-order chi connectivity index (χ0) is 15.8. The number of aryl methyl sites for hydroxylation is 1. The highest BCUT2D eigenvalue weighted by molar-refractivity contribution is 5.94. The minimum absolute atomic E-state index is 0.0131. The van der Waals surface area contributed by atoms with Crippen molar-refractivity contribution in [3.05, 3.63) is 45.2 Å². The number of hydrogen-bond donors (Lipinski definition) is 2. The van der Waals surface area contributed by atoms with E-state index in [0.717, 1.165) is 12.1 Å². The van der Waals surface area contributed by atoms with E-state index in [2.05, 4.69) is 4.98 Å². The molecule has 0 radical (unpaired) electrons. The third kappa shape index (κ3) is 2.63. The molecule has 1 aromatic carbocycles. The maximum atomic E-state index is 13.0. The van der Waals surface area contributed by atoms with Crippen molar-refractivity contribution >= 4 is 16.9 Å². The molecule has 2 rings (SSSR count). The highest BCUT2D eigenvalue weighted by Crippen LogP contribution is 2.33. The number of para-hydroxylation sites is 1. The van der Waals surface area contributed by atoms with Gasteiger partial charge in [-0.1, -0.05) is 19.4 Å². The van der Waals surface area contributed by atoms with Crippen LogP contribution in [0.1, 0.15) is 35.0 Å². The summed E-state index contributed by atoms with van der Waals surface area (Å²) < 4.78 is 39.0. The Bertz CT molecular complexity index is 762. The molecule has 0 unspecified atom stereocenters. The van der Waals surface area contributed by atoms with E-state index < -0.39 is 28.7 Å². The Morgan fingerprint density at radius 1 is 1.33 bits per heavy atom. The Morgan fingerprint density at radius 2 is 2.00 bits per heavy atom. The number of carboxylic acids is 1. The van der Waals surface area contributed by atoms with Crippen molar-refractivity contribution in [2.45, 2.75) is 25.9 Å². The summed E-state index contributed by atoms with van der Waals surface area (Å²) in [5.74, 6) is -1.45. The van der Waals surface area contributed by atoms with E-state index in [0.29, 0.717) is 6.42 Å². The summed E-state index contributed by atoms with van der Waals surface area (Å²) in [5, 5.41) is 8.84. The maximum absolute atomic E-state index is 13.0. The number of rotatable bonds is 3. The Morgan fingerprint density at radius 3 is 2.52 bits per heavy atom. The number of carbonyl (C=O) groups is 1. The number of carboxylic acid groups (broad SMARTS) is 1. The quantitative estimate of drug-likeness (QED) is 0.914. The fourth-order valence-corrected chi connectivity index (χ4v) is 2.26. The van der Waals surface area contributed by atoms with Crippen LogP contribution >= 0.6 is 0 Å². The third-order valence-corrected chi connectivity index (χ3v) is 3.13. The zero-order valence-electron chi connectivity index (χ0n) is 11.0. The van der Waals surface area contributed by atoms with E-state index in [1.807, 2.05) is 0 Å². The van der Waals surface area contributed by atoms with Crippen molar-refractivity contribution in [1.82, 2.24) is 4.98 Å². The molecule has 0 amide bonds. The Kier molecular flexibility index (Phi) is 3.76. The number of nitrogens with one attached hydrogen (secondary N) is 1. The fraction of sp³-hybridized carbons (Fsp3) is 0.286. The first-order chi connectivity index (χ1) is 9.77. The molecule has 1 aromatic heterocycles. The van der Waals surface area contributed by atoms with E-state index >= 15 is 0 Å². The lowest BCUT2D eigenvalue weighted by atomic mass is 10.0. The summed E-state index contributed by atoms with van der Waals surface area (Å²) in [5.41, 5.74) is -2.73. The molecule has 4 nitrogen and oxygen atoms in total. The van der Waals surface area contributed by atoms with Gasteiger partial charge < -0.3 is 10.1 Å². The summed E-state index contributed by atoms with van der Waals surface area (Å²) in [4.78, 5) is 25.9. The molecule has 2 N–H and O–H groups in total. The lowest BCUT2D eigenvalue weighted by Gasteiger charge is -2.13. The van der Waals surface area contributed by atoms with Crippen molar-refractivity contribution in [3.8, 4) is 0 Å². The number of aromatic amines is 1. The Labute approximate surface area is 117 Å². The fourth-order valence-electron chi connectivity index (χ4n) is 2.26. The third-order valence-electron chi connectivity index (χ3n) is 3.13. The van der Waals surface area contributed by atoms with E-state index in [9.17, 15) is 22.8 Å². The molecule has 0 bridgehead atoms. The van der Waals surface area contributed by atoms with Crippen LogP contribution in [0.3, 0.4) is 0 Å². The lowest BCUT2D eigenvalue weighted by Crippen LogP contribution is -2.21. The highest BCUT2D eigenvalue weighted by Gasteiger charge is 2.34. The molecule has 21 heavy (non-hydrogen) atoms. The second-order valence-corrected chi connectivity index (χ2v) is 4.59. The van der Waals surface area contributed by atoms with Gasteiger partial charge >= 0.3 is 12.1 Å². The molecule has 0 saturated carbocycles. The van der Waals surface area contributed by atoms with Crippen LogP contribution in [0.15, 0.2) is 23.0 Å². The standard InChI is InChI=1S/C14H12F3NO3/c1-2-4-9-10(13(20)21)12(19)7-5-3-6-8(11(7)18-9)14(15,16)17/h3,5-6H,2,4H2,1H3,(H,18,19)(H,20,21). The number of halogens is 3. The molecule has 0 fully saturated rings. The molecule has 0 aliphatic heterocycles. The van der Waals surface area contributed by atoms with Gasteiger partial charge in [0.2, 0.25) is 5.43 Å². The molecule has 0 spiro atoms.